The predicted octanol–water partition coefficient (Wildman–Crippen LogP) is 4.03. The fourth-order valence-electron chi connectivity index (χ4n) is 2.73. The quantitative estimate of drug-likeness (QED) is 0.444. The van der Waals surface area contributed by atoms with E-state index in [4.69, 9.17) is 16.3 Å². The number of aryl methyl sites for hydroxylation is 2. The zero-order chi connectivity index (χ0) is 22.0. The molecular formula is C19H15ClN4O6. The lowest BCUT2D eigenvalue weighted by atomic mass is 10.2. The molecule has 0 aliphatic carbocycles. The lowest BCUT2D eigenvalue weighted by molar-refractivity contribution is -0.384. The second kappa shape index (κ2) is 8.21. The van der Waals surface area contributed by atoms with Crippen LogP contribution in [0.2, 0.25) is 5.02 Å². The number of benzene rings is 2. The second-order valence-electron chi connectivity index (χ2n) is 6.27. The van der Waals surface area contributed by atoms with Gasteiger partial charge in [0, 0.05) is 24.2 Å². The van der Waals surface area contributed by atoms with Crippen molar-refractivity contribution in [2.45, 2.75) is 6.92 Å². The molecule has 2 aromatic carbocycles. The number of hydrogen-bond donors (Lipinski definition) is 2. The van der Waals surface area contributed by atoms with Gasteiger partial charge in [-0.2, -0.15) is 5.10 Å². The van der Waals surface area contributed by atoms with Crippen LogP contribution in [-0.4, -0.2) is 31.7 Å². The smallest absolute Gasteiger partial charge is 0.354 e. The average Bonchev–Trinajstić information content (AvgIpc) is 3.06. The molecule has 0 unspecified atom stereocenters. The van der Waals surface area contributed by atoms with E-state index in [1.165, 1.54) is 19.2 Å². The molecule has 0 spiro atoms. The summed E-state index contributed by atoms with van der Waals surface area (Å²) in [4.78, 5) is 34.6. The van der Waals surface area contributed by atoms with Gasteiger partial charge in [-0.25, -0.2) is 4.79 Å². The number of hydrogen-bond acceptors (Lipinski definition) is 6. The summed E-state index contributed by atoms with van der Waals surface area (Å²) in [6.45, 7) is 1.76. The van der Waals surface area contributed by atoms with E-state index in [-0.39, 0.29) is 28.4 Å². The van der Waals surface area contributed by atoms with Gasteiger partial charge in [-0.15, -0.1) is 0 Å². The topological polar surface area (TPSA) is 137 Å². The van der Waals surface area contributed by atoms with Crippen LogP contribution < -0.4 is 10.1 Å². The number of nitrogens with zero attached hydrogens (tertiary/aromatic N) is 3. The molecule has 0 fully saturated rings. The van der Waals surface area contributed by atoms with Crippen LogP contribution in [0.15, 0.2) is 42.6 Å². The van der Waals surface area contributed by atoms with E-state index >= 15 is 0 Å². The lowest BCUT2D eigenvalue weighted by Crippen LogP contribution is -2.17. The first-order chi connectivity index (χ1) is 14.2. The zero-order valence-corrected chi connectivity index (χ0v) is 16.5. The standard InChI is InChI=1S/C19H15ClN4O6/c1-10-5-11(20)3-4-16(10)30-14-7-12(6-13(8-14)24(28)29)22-18(25)15-9-21-23(2)17(15)19(26)27/h3-9H,1-2H3,(H,22,25)(H,26,27). The summed E-state index contributed by atoms with van der Waals surface area (Å²) < 4.78 is 6.77. The SMILES string of the molecule is Cc1cc(Cl)ccc1Oc1cc(NC(=O)c2cnn(C)c2C(=O)O)cc([N+](=O)[O-])c1. The van der Waals surface area contributed by atoms with Crippen LogP contribution >= 0.6 is 11.6 Å². The van der Waals surface area contributed by atoms with Crippen LogP contribution in [0.1, 0.15) is 26.4 Å². The minimum atomic E-state index is -1.33. The number of nitrogens with one attached hydrogen (secondary N) is 1. The Kier molecular flexibility index (Phi) is 5.70. The Bertz CT molecular complexity index is 1170. The summed E-state index contributed by atoms with van der Waals surface area (Å²) in [5, 5.41) is 27.3. The average molecular weight is 431 g/mol. The molecule has 30 heavy (non-hydrogen) atoms. The number of ether oxygens (including phenoxy) is 1. The third kappa shape index (κ3) is 4.39. The Morgan fingerprint density at radius 3 is 2.63 bits per heavy atom. The van der Waals surface area contributed by atoms with Crippen LogP contribution in [0, 0.1) is 17.0 Å². The van der Waals surface area contributed by atoms with Crippen molar-refractivity contribution in [3.8, 4) is 11.5 Å². The van der Waals surface area contributed by atoms with E-state index in [2.05, 4.69) is 10.4 Å². The van der Waals surface area contributed by atoms with Crippen LogP contribution in [-0.2, 0) is 7.05 Å². The summed E-state index contributed by atoms with van der Waals surface area (Å²) >= 11 is 5.92. The van der Waals surface area contributed by atoms with Crippen LogP contribution in [0.5, 0.6) is 11.5 Å². The maximum Gasteiger partial charge on any atom is 0.354 e. The largest absolute Gasteiger partial charge is 0.477 e. The number of carboxylic acids is 1. The van der Waals surface area contributed by atoms with E-state index in [1.807, 2.05) is 0 Å². The third-order valence-corrected chi connectivity index (χ3v) is 4.35. The molecule has 3 aromatic rings. The number of nitro groups is 1. The number of carboxylic acid groups (broad SMARTS) is 1. The fraction of sp³-hybridized carbons (Fsp3) is 0.105. The Morgan fingerprint density at radius 2 is 2.00 bits per heavy atom. The number of carbonyl (C=O) groups is 2. The Morgan fingerprint density at radius 1 is 1.27 bits per heavy atom. The maximum atomic E-state index is 12.5. The molecule has 0 aliphatic heterocycles. The van der Waals surface area contributed by atoms with Gasteiger partial charge in [0.2, 0.25) is 0 Å². The van der Waals surface area contributed by atoms with Crippen molar-refractivity contribution in [1.29, 1.82) is 0 Å². The summed E-state index contributed by atoms with van der Waals surface area (Å²) in [5.41, 5.74) is -0.0603. The molecule has 0 saturated carbocycles. The Balaban J connectivity index is 1.94. The normalized spacial score (nSPS) is 10.5. The van der Waals surface area contributed by atoms with Crippen molar-refractivity contribution in [3.63, 3.8) is 0 Å². The van der Waals surface area contributed by atoms with Gasteiger partial charge in [-0.05, 0) is 30.7 Å². The number of non-ortho nitro benzene ring substituents is 1. The van der Waals surface area contributed by atoms with Gasteiger partial charge >= 0.3 is 5.97 Å². The highest BCUT2D eigenvalue weighted by atomic mass is 35.5. The highest BCUT2D eigenvalue weighted by Crippen LogP contribution is 2.32. The predicted molar refractivity (Wildman–Crippen MR) is 107 cm³/mol. The van der Waals surface area contributed by atoms with Gasteiger partial charge in [0.1, 0.15) is 11.5 Å². The number of anilines is 1. The van der Waals surface area contributed by atoms with Crippen molar-refractivity contribution in [2.24, 2.45) is 7.05 Å². The monoisotopic (exact) mass is 430 g/mol. The number of halogens is 1. The van der Waals surface area contributed by atoms with Crippen LogP contribution in [0.25, 0.3) is 0 Å². The van der Waals surface area contributed by atoms with E-state index in [0.29, 0.717) is 16.3 Å². The summed E-state index contributed by atoms with van der Waals surface area (Å²) in [7, 11) is 1.38. The highest BCUT2D eigenvalue weighted by Gasteiger charge is 2.22. The molecular weight excluding hydrogens is 416 g/mol. The molecule has 0 radical (unpaired) electrons. The van der Waals surface area contributed by atoms with Crippen molar-refractivity contribution in [3.05, 3.63) is 74.6 Å². The van der Waals surface area contributed by atoms with Gasteiger partial charge in [0.25, 0.3) is 11.6 Å². The summed E-state index contributed by atoms with van der Waals surface area (Å²) in [5.74, 6) is -1.58. The molecule has 0 bridgehead atoms. The van der Waals surface area contributed by atoms with E-state index in [9.17, 15) is 24.8 Å². The summed E-state index contributed by atoms with van der Waals surface area (Å²) in [6, 6.07) is 8.62. The molecule has 10 nitrogen and oxygen atoms in total. The van der Waals surface area contributed by atoms with Crippen molar-refractivity contribution < 1.29 is 24.4 Å². The first-order valence-corrected chi connectivity index (χ1v) is 8.83. The minimum Gasteiger partial charge on any atom is -0.477 e. The number of aromatic carboxylic acids is 1. The maximum absolute atomic E-state index is 12.5. The van der Waals surface area contributed by atoms with Crippen molar-refractivity contribution >= 4 is 34.9 Å². The molecule has 154 valence electrons. The Hall–Kier alpha value is -3.92. The second-order valence-corrected chi connectivity index (χ2v) is 6.71. The molecule has 0 saturated heterocycles. The van der Waals surface area contributed by atoms with Gasteiger partial charge in [-0.3, -0.25) is 19.6 Å². The van der Waals surface area contributed by atoms with Gasteiger partial charge in [0.15, 0.2) is 5.69 Å². The first kappa shape index (κ1) is 20.8. The molecule has 1 aromatic heterocycles. The number of amides is 1. The number of aromatic nitrogens is 2. The van der Waals surface area contributed by atoms with E-state index in [0.717, 1.165) is 16.9 Å². The first-order valence-electron chi connectivity index (χ1n) is 8.46. The zero-order valence-electron chi connectivity index (χ0n) is 15.7. The Labute approximate surface area is 174 Å². The molecule has 1 amide bonds. The molecule has 2 N–H and O–H groups in total. The summed E-state index contributed by atoms with van der Waals surface area (Å²) in [6.07, 6.45) is 1.10. The van der Waals surface area contributed by atoms with Gasteiger partial charge in [-0.1, -0.05) is 11.6 Å². The van der Waals surface area contributed by atoms with E-state index < -0.39 is 16.8 Å². The van der Waals surface area contributed by atoms with E-state index in [1.54, 1.807) is 25.1 Å². The van der Waals surface area contributed by atoms with Gasteiger partial charge in [0.05, 0.1) is 28.4 Å². The van der Waals surface area contributed by atoms with Crippen LogP contribution in [0.4, 0.5) is 11.4 Å². The minimum absolute atomic E-state index is 0.0519. The van der Waals surface area contributed by atoms with Gasteiger partial charge < -0.3 is 15.2 Å². The van der Waals surface area contributed by atoms with Crippen molar-refractivity contribution in [2.75, 3.05) is 5.32 Å². The molecule has 1 heterocycles. The highest BCUT2D eigenvalue weighted by molar-refractivity contribution is 6.30. The molecule has 0 atom stereocenters. The number of carbonyl (C=O) groups excluding carboxylic acids is 1. The van der Waals surface area contributed by atoms with Crippen molar-refractivity contribution in [1.82, 2.24) is 9.78 Å². The molecule has 0 aliphatic rings. The third-order valence-electron chi connectivity index (χ3n) is 4.11. The number of nitro benzene ring substituents is 1. The lowest BCUT2D eigenvalue weighted by Gasteiger charge is -2.11. The molecule has 11 heteroatoms. The fourth-order valence-corrected chi connectivity index (χ4v) is 2.96. The molecule has 3 rings (SSSR count). The van der Waals surface area contributed by atoms with Crippen LogP contribution in [0.3, 0.4) is 0 Å². The number of rotatable bonds is 6.